The Morgan fingerprint density at radius 3 is 2.71 bits per heavy atom. The second-order valence-corrected chi connectivity index (χ2v) is 6.76. The van der Waals surface area contributed by atoms with Crippen molar-refractivity contribution in [3.8, 4) is 0 Å². The third kappa shape index (κ3) is 3.19. The third-order valence-electron chi connectivity index (χ3n) is 4.95. The fraction of sp³-hybridized carbons (Fsp3) is 0.500. The van der Waals surface area contributed by atoms with Gasteiger partial charge in [0.1, 0.15) is 0 Å². The molecule has 24 heavy (non-hydrogen) atoms. The summed E-state index contributed by atoms with van der Waals surface area (Å²) in [7, 11) is 0. The lowest BCUT2D eigenvalue weighted by atomic mass is 9.80. The number of ether oxygens (including phenoxy) is 1. The molecule has 4 heterocycles. The van der Waals surface area contributed by atoms with E-state index in [0.717, 1.165) is 51.8 Å². The molecular formula is C18H23N5O. The molecule has 2 saturated heterocycles. The van der Waals surface area contributed by atoms with E-state index in [1.165, 1.54) is 12.1 Å². The Morgan fingerprint density at radius 2 is 1.88 bits per heavy atom. The van der Waals surface area contributed by atoms with Gasteiger partial charge in [-0.1, -0.05) is 0 Å². The van der Waals surface area contributed by atoms with Crippen LogP contribution in [-0.2, 0) is 4.74 Å². The summed E-state index contributed by atoms with van der Waals surface area (Å²) < 4.78 is 5.99. The summed E-state index contributed by atoms with van der Waals surface area (Å²) in [6.45, 7) is 5.41. The average molecular weight is 325 g/mol. The molecule has 0 saturated carbocycles. The topological polar surface area (TPSA) is 54.4 Å². The van der Waals surface area contributed by atoms with E-state index in [4.69, 9.17) is 4.74 Å². The lowest BCUT2D eigenvalue weighted by Crippen LogP contribution is -2.51. The van der Waals surface area contributed by atoms with Crippen LogP contribution in [-0.4, -0.2) is 54.3 Å². The SMILES string of the molecule is c1cnc(N2CCCC3(COCCN(c4cccnc4)C3)C2)nc1. The minimum absolute atomic E-state index is 0.115. The molecule has 4 rings (SSSR count). The van der Waals surface area contributed by atoms with E-state index in [1.54, 1.807) is 0 Å². The van der Waals surface area contributed by atoms with Crippen molar-refractivity contribution in [3.05, 3.63) is 43.0 Å². The van der Waals surface area contributed by atoms with Gasteiger partial charge in [0.2, 0.25) is 5.95 Å². The predicted molar refractivity (Wildman–Crippen MR) is 93.2 cm³/mol. The van der Waals surface area contributed by atoms with E-state index in [9.17, 15) is 0 Å². The molecule has 2 aromatic heterocycles. The molecule has 2 aliphatic heterocycles. The first kappa shape index (κ1) is 15.3. The van der Waals surface area contributed by atoms with Gasteiger partial charge in [-0.05, 0) is 31.0 Å². The predicted octanol–water partition coefficient (Wildman–Crippen LogP) is 1.99. The summed E-state index contributed by atoms with van der Waals surface area (Å²) in [5.41, 5.74) is 1.29. The standard InChI is InChI=1S/C18H23N5O/c1-4-16(12-19-6-1)22-10-11-24-15-18(13-22)5-2-9-23(14-18)17-20-7-3-8-21-17/h1,3-4,6-8,12H,2,5,9-11,13-15H2. The van der Waals surface area contributed by atoms with Gasteiger partial charge in [0.05, 0.1) is 25.1 Å². The zero-order chi connectivity index (χ0) is 16.2. The minimum Gasteiger partial charge on any atom is -0.379 e. The van der Waals surface area contributed by atoms with E-state index in [1.807, 2.05) is 36.9 Å². The van der Waals surface area contributed by atoms with Crippen molar-refractivity contribution < 1.29 is 4.74 Å². The average Bonchev–Trinajstić information content (AvgIpc) is 2.86. The van der Waals surface area contributed by atoms with Gasteiger partial charge >= 0.3 is 0 Å². The summed E-state index contributed by atoms with van der Waals surface area (Å²) in [6, 6.07) is 5.99. The van der Waals surface area contributed by atoms with E-state index in [0.29, 0.717) is 0 Å². The number of anilines is 2. The number of hydrogen-bond acceptors (Lipinski definition) is 6. The molecule has 2 aliphatic rings. The highest BCUT2D eigenvalue weighted by Crippen LogP contribution is 2.35. The molecule has 126 valence electrons. The number of rotatable bonds is 2. The molecule has 0 N–H and O–H groups in total. The number of pyridine rings is 1. The Bertz CT molecular complexity index is 653. The van der Waals surface area contributed by atoms with Crippen molar-refractivity contribution in [2.45, 2.75) is 12.8 Å². The van der Waals surface area contributed by atoms with Crippen LogP contribution in [0.15, 0.2) is 43.0 Å². The zero-order valence-corrected chi connectivity index (χ0v) is 13.8. The Morgan fingerprint density at radius 1 is 1.00 bits per heavy atom. The molecule has 1 spiro atoms. The molecule has 1 unspecified atom stereocenters. The highest BCUT2D eigenvalue weighted by Gasteiger charge is 2.39. The lowest BCUT2D eigenvalue weighted by molar-refractivity contribution is 0.0596. The van der Waals surface area contributed by atoms with Gasteiger partial charge in [-0.25, -0.2) is 9.97 Å². The fourth-order valence-electron chi connectivity index (χ4n) is 3.83. The van der Waals surface area contributed by atoms with Crippen LogP contribution in [0.1, 0.15) is 12.8 Å². The van der Waals surface area contributed by atoms with E-state index in [2.05, 4.69) is 30.8 Å². The molecule has 2 fully saturated rings. The maximum absolute atomic E-state index is 5.99. The van der Waals surface area contributed by atoms with Crippen molar-refractivity contribution in [3.63, 3.8) is 0 Å². The first-order valence-corrected chi connectivity index (χ1v) is 8.59. The van der Waals surface area contributed by atoms with Crippen LogP contribution in [0.3, 0.4) is 0 Å². The molecule has 1 atom stereocenters. The van der Waals surface area contributed by atoms with E-state index < -0.39 is 0 Å². The highest BCUT2D eigenvalue weighted by molar-refractivity contribution is 5.44. The molecule has 0 aliphatic carbocycles. The summed E-state index contributed by atoms with van der Waals surface area (Å²) in [4.78, 5) is 17.9. The molecule has 6 heteroatoms. The monoisotopic (exact) mass is 325 g/mol. The van der Waals surface area contributed by atoms with Gasteiger partial charge in [0.15, 0.2) is 0 Å². The van der Waals surface area contributed by atoms with Crippen LogP contribution in [0.4, 0.5) is 11.6 Å². The summed E-state index contributed by atoms with van der Waals surface area (Å²) in [6.07, 6.45) is 9.71. The summed E-state index contributed by atoms with van der Waals surface area (Å²) >= 11 is 0. The Balaban J connectivity index is 1.56. The van der Waals surface area contributed by atoms with Crippen LogP contribution in [0.5, 0.6) is 0 Å². The van der Waals surface area contributed by atoms with Crippen LogP contribution in [0.25, 0.3) is 0 Å². The number of hydrogen-bond donors (Lipinski definition) is 0. The normalized spacial score (nSPS) is 24.8. The Hall–Kier alpha value is -2.21. The van der Waals surface area contributed by atoms with Crippen molar-refractivity contribution in [1.82, 2.24) is 15.0 Å². The van der Waals surface area contributed by atoms with E-state index >= 15 is 0 Å². The maximum Gasteiger partial charge on any atom is 0.225 e. The van der Waals surface area contributed by atoms with Gasteiger partial charge in [0.25, 0.3) is 0 Å². The van der Waals surface area contributed by atoms with Crippen molar-refractivity contribution >= 4 is 11.6 Å². The van der Waals surface area contributed by atoms with Crippen LogP contribution >= 0.6 is 0 Å². The van der Waals surface area contributed by atoms with Crippen LogP contribution in [0.2, 0.25) is 0 Å². The van der Waals surface area contributed by atoms with E-state index in [-0.39, 0.29) is 5.41 Å². The smallest absolute Gasteiger partial charge is 0.225 e. The Labute approximate surface area is 142 Å². The van der Waals surface area contributed by atoms with Gasteiger partial charge in [-0.15, -0.1) is 0 Å². The molecule has 0 amide bonds. The van der Waals surface area contributed by atoms with Crippen molar-refractivity contribution in [2.24, 2.45) is 5.41 Å². The second-order valence-electron chi connectivity index (χ2n) is 6.76. The highest BCUT2D eigenvalue weighted by atomic mass is 16.5. The number of nitrogens with zero attached hydrogens (tertiary/aromatic N) is 5. The molecule has 2 aromatic rings. The largest absolute Gasteiger partial charge is 0.379 e. The molecular weight excluding hydrogens is 302 g/mol. The van der Waals surface area contributed by atoms with Crippen molar-refractivity contribution in [2.75, 3.05) is 49.2 Å². The molecule has 0 radical (unpaired) electrons. The van der Waals surface area contributed by atoms with Crippen LogP contribution in [0, 0.1) is 5.41 Å². The number of piperidine rings is 1. The van der Waals surface area contributed by atoms with Crippen LogP contribution < -0.4 is 9.80 Å². The Kier molecular flexibility index (Phi) is 4.30. The molecule has 0 bridgehead atoms. The first-order chi connectivity index (χ1) is 11.8. The lowest BCUT2D eigenvalue weighted by Gasteiger charge is -2.43. The fourth-order valence-corrected chi connectivity index (χ4v) is 3.83. The molecule has 6 nitrogen and oxygen atoms in total. The first-order valence-electron chi connectivity index (χ1n) is 8.59. The maximum atomic E-state index is 5.99. The minimum atomic E-state index is 0.115. The van der Waals surface area contributed by atoms with Gasteiger partial charge in [0, 0.05) is 50.2 Å². The van der Waals surface area contributed by atoms with Gasteiger partial charge in [-0.2, -0.15) is 0 Å². The third-order valence-corrected chi connectivity index (χ3v) is 4.95. The quantitative estimate of drug-likeness (QED) is 0.842. The summed E-state index contributed by atoms with van der Waals surface area (Å²) in [5, 5.41) is 0. The molecule has 0 aromatic carbocycles. The second kappa shape index (κ2) is 6.73. The van der Waals surface area contributed by atoms with Crippen molar-refractivity contribution in [1.29, 1.82) is 0 Å². The van der Waals surface area contributed by atoms with Gasteiger partial charge in [-0.3, -0.25) is 4.98 Å². The zero-order valence-electron chi connectivity index (χ0n) is 13.8. The van der Waals surface area contributed by atoms with Gasteiger partial charge < -0.3 is 14.5 Å². The number of aromatic nitrogens is 3. The summed E-state index contributed by atoms with van der Waals surface area (Å²) in [5.74, 6) is 0.828.